The Hall–Kier alpha value is -2.80. The van der Waals surface area contributed by atoms with Gasteiger partial charge in [-0.25, -0.2) is 8.42 Å². The second-order valence-electron chi connectivity index (χ2n) is 7.44. The van der Waals surface area contributed by atoms with Gasteiger partial charge in [-0.15, -0.1) is 0 Å². The molecule has 2 heterocycles. The van der Waals surface area contributed by atoms with Gasteiger partial charge in [-0.05, 0) is 55.7 Å². The lowest BCUT2D eigenvalue weighted by Crippen LogP contribution is -2.44. The molecule has 0 saturated heterocycles. The minimum atomic E-state index is -3.68. The van der Waals surface area contributed by atoms with E-state index in [4.69, 9.17) is 0 Å². The minimum Gasteiger partial charge on any atom is -0.379 e. The summed E-state index contributed by atoms with van der Waals surface area (Å²) in [5.74, 6) is 0. The third-order valence-corrected chi connectivity index (χ3v) is 7.04. The highest BCUT2D eigenvalue weighted by atomic mass is 32.2. The van der Waals surface area contributed by atoms with E-state index in [0.29, 0.717) is 11.4 Å². The quantitative estimate of drug-likeness (QED) is 0.733. The second kappa shape index (κ2) is 6.67. The number of para-hydroxylation sites is 1. The molecular weight excluding hydrogens is 372 g/mol. The molecule has 1 aromatic heterocycles. The third-order valence-electron chi connectivity index (χ3n) is 5.11. The fourth-order valence-electron chi connectivity index (χ4n) is 3.78. The molecule has 1 aliphatic rings. The summed E-state index contributed by atoms with van der Waals surface area (Å²) in [6.07, 6.45) is 3.70. The van der Waals surface area contributed by atoms with Crippen molar-refractivity contribution in [1.29, 1.82) is 0 Å². The summed E-state index contributed by atoms with van der Waals surface area (Å²) in [7, 11) is -1.82. The zero-order valence-electron chi connectivity index (χ0n) is 16.5. The molecule has 0 aliphatic carbocycles. The van der Waals surface area contributed by atoms with E-state index in [9.17, 15) is 8.42 Å². The Morgan fingerprint density at radius 2 is 1.89 bits per heavy atom. The van der Waals surface area contributed by atoms with Crippen molar-refractivity contribution < 1.29 is 8.42 Å². The van der Waals surface area contributed by atoms with Gasteiger partial charge in [-0.1, -0.05) is 18.2 Å². The molecule has 6 nitrogen and oxygen atoms in total. The Bertz CT molecular complexity index is 1150. The van der Waals surface area contributed by atoms with Crippen LogP contribution in [0.1, 0.15) is 18.1 Å². The summed E-state index contributed by atoms with van der Waals surface area (Å²) in [5.41, 5.74) is 5.16. The van der Waals surface area contributed by atoms with Gasteiger partial charge >= 0.3 is 0 Å². The van der Waals surface area contributed by atoms with Gasteiger partial charge in [-0.3, -0.25) is 8.99 Å². The monoisotopic (exact) mass is 396 g/mol. The van der Waals surface area contributed by atoms with Crippen molar-refractivity contribution in [3.63, 3.8) is 0 Å². The molecule has 28 heavy (non-hydrogen) atoms. The van der Waals surface area contributed by atoms with Gasteiger partial charge in [0.2, 0.25) is 0 Å². The fourth-order valence-corrected chi connectivity index (χ4v) is 5.63. The highest BCUT2D eigenvalue weighted by Gasteiger charge is 2.33. The number of aryl methyl sites for hydroxylation is 3. The summed E-state index contributed by atoms with van der Waals surface area (Å²) in [6.45, 7) is 6.17. The van der Waals surface area contributed by atoms with Crippen molar-refractivity contribution in [2.24, 2.45) is 7.05 Å². The van der Waals surface area contributed by atoms with Gasteiger partial charge < -0.3 is 5.32 Å². The predicted molar refractivity (Wildman–Crippen MR) is 112 cm³/mol. The van der Waals surface area contributed by atoms with Crippen molar-refractivity contribution in [3.8, 4) is 11.1 Å². The smallest absolute Gasteiger partial charge is 0.264 e. The highest BCUT2D eigenvalue weighted by molar-refractivity contribution is 7.93. The average molecular weight is 397 g/mol. The van der Waals surface area contributed by atoms with Crippen LogP contribution in [-0.2, 0) is 17.1 Å². The third kappa shape index (κ3) is 3.05. The van der Waals surface area contributed by atoms with Crippen molar-refractivity contribution in [1.82, 2.24) is 9.78 Å². The molecule has 3 aromatic rings. The number of hydrogen-bond acceptors (Lipinski definition) is 4. The van der Waals surface area contributed by atoms with E-state index in [1.807, 2.05) is 64.3 Å². The molecule has 0 bridgehead atoms. The van der Waals surface area contributed by atoms with Crippen molar-refractivity contribution in [2.75, 3.05) is 16.2 Å². The number of sulfonamides is 1. The maximum atomic E-state index is 13.6. The molecule has 0 spiro atoms. The van der Waals surface area contributed by atoms with Gasteiger partial charge in [0, 0.05) is 24.8 Å². The Morgan fingerprint density at radius 1 is 1.11 bits per heavy atom. The number of hydrogen-bond donors (Lipinski definition) is 1. The molecule has 1 N–H and O–H groups in total. The number of fused-ring (bicyclic) bond motifs is 1. The van der Waals surface area contributed by atoms with Gasteiger partial charge in [0.05, 0.1) is 29.0 Å². The molecule has 146 valence electrons. The lowest BCUT2D eigenvalue weighted by Gasteiger charge is -2.36. The van der Waals surface area contributed by atoms with Crippen LogP contribution in [0.15, 0.2) is 53.7 Å². The maximum absolute atomic E-state index is 13.6. The Kier molecular flexibility index (Phi) is 4.42. The summed E-state index contributed by atoms with van der Waals surface area (Å²) in [4.78, 5) is 0.337. The number of nitrogens with one attached hydrogen (secondary N) is 1. The molecule has 0 amide bonds. The molecule has 1 atom stereocenters. The molecule has 4 rings (SSSR count). The van der Waals surface area contributed by atoms with E-state index in [0.717, 1.165) is 33.6 Å². The zero-order valence-corrected chi connectivity index (χ0v) is 17.3. The van der Waals surface area contributed by atoms with E-state index < -0.39 is 10.0 Å². The van der Waals surface area contributed by atoms with Crippen LogP contribution in [0, 0.1) is 13.8 Å². The average Bonchev–Trinajstić information content (AvgIpc) is 3.07. The first kappa shape index (κ1) is 18.6. The molecule has 0 saturated carbocycles. The van der Waals surface area contributed by atoms with Crippen LogP contribution in [0.25, 0.3) is 11.1 Å². The minimum absolute atomic E-state index is 0.0269. The van der Waals surface area contributed by atoms with Crippen molar-refractivity contribution in [3.05, 3.63) is 59.9 Å². The highest BCUT2D eigenvalue weighted by Crippen LogP contribution is 2.38. The summed E-state index contributed by atoms with van der Waals surface area (Å²) in [5, 5.41) is 7.58. The summed E-state index contributed by atoms with van der Waals surface area (Å²) < 4.78 is 30.5. The van der Waals surface area contributed by atoms with Gasteiger partial charge in [0.1, 0.15) is 0 Å². The first-order valence-electron chi connectivity index (χ1n) is 9.26. The molecule has 0 unspecified atom stereocenters. The van der Waals surface area contributed by atoms with Crippen molar-refractivity contribution in [2.45, 2.75) is 31.7 Å². The van der Waals surface area contributed by atoms with Gasteiger partial charge in [0.15, 0.2) is 0 Å². The Balaban J connectivity index is 1.79. The standard InChI is InChI=1S/C21H24N4O2S/c1-14-6-5-7-19-21(14)25(12-16(3)23-19)28(26,27)20-9-8-17(10-15(20)2)18-11-22-24(4)13-18/h5-11,13,16,23H,12H2,1-4H3/t16-/m0/s1. The normalized spacial score (nSPS) is 16.6. The Labute approximate surface area is 165 Å². The predicted octanol–water partition coefficient (Wildman–Crippen LogP) is 3.71. The number of rotatable bonds is 3. The number of anilines is 2. The molecule has 0 radical (unpaired) electrons. The fraction of sp³-hybridized carbons (Fsp3) is 0.286. The van der Waals surface area contributed by atoms with Gasteiger partial charge in [-0.2, -0.15) is 5.10 Å². The largest absolute Gasteiger partial charge is 0.379 e. The number of benzene rings is 2. The lowest BCUT2D eigenvalue weighted by atomic mass is 10.1. The van der Waals surface area contributed by atoms with Gasteiger partial charge in [0.25, 0.3) is 10.0 Å². The van der Waals surface area contributed by atoms with E-state index in [-0.39, 0.29) is 6.04 Å². The second-order valence-corrected chi connectivity index (χ2v) is 9.27. The number of nitrogens with zero attached hydrogens (tertiary/aromatic N) is 3. The van der Waals surface area contributed by atoms with Crippen LogP contribution in [0.5, 0.6) is 0 Å². The molecular formula is C21H24N4O2S. The first-order chi connectivity index (χ1) is 13.3. The molecule has 7 heteroatoms. The van der Waals surface area contributed by atoms with E-state index >= 15 is 0 Å². The SMILES string of the molecule is Cc1cc(-c2cnn(C)c2)ccc1S(=O)(=O)N1C[C@H](C)Nc2cccc(C)c21. The van der Waals surface area contributed by atoms with Crippen LogP contribution >= 0.6 is 0 Å². The Morgan fingerprint density at radius 3 is 2.57 bits per heavy atom. The maximum Gasteiger partial charge on any atom is 0.264 e. The zero-order chi connectivity index (χ0) is 20.1. The van der Waals surface area contributed by atoms with Crippen LogP contribution in [0.4, 0.5) is 11.4 Å². The summed E-state index contributed by atoms with van der Waals surface area (Å²) in [6, 6.07) is 11.3. The van der Waals surface area contributed by atoms with E-state index in [1.165, 1.54) is 0 Å². The molecule has 1 aliphatic heterocycles. The van der Waals surface area contributed by atoms with Crippen LogP contribution < -0.4 is 9.62 Å². The van der Waals surface area contributed by atoms with Crippen LogP contribution in [-0.4, -0.2) is 30.8 Å². The molecule has 2 aromatic carbocycles. The van der Waals surface area contributed by atoms with Crippen molar-refractivity contribution >= 4 is 21.4 Å². The number of aromatic nitrogens is 2. The molecule has 0 fully saturated rings. The first-order valence-corrected chi connectivity index (χ1v) is 10.7. The lowest BCUT2D eigenvalue weighted by molar-refractivity contribution is 0.585. The topological polar surface area (TPSA) is 67.2 Å². The summed E-state index contributed by atoms with van der Waals surface area (Å²) >= 11 is 0. The van der Waals surface area contributed by atoms with Crippen LogP contribution in [0.3, 0.4) is 0 Å². The van der Waals surface area contributed by atoms with Crippen LogP contribution in [0.2, 0.25) is 0 Å². The van der Waals surface area contributed by atoms with E-state index in [1.54, 1.807) is 21.3 Å². The van der Waals surface area contributed by atoms with E-state index in [2.05, 4.69) is 10.4 Å².